The number of amides is 2. The summed E-state index contributed by atoms with van der Waals surface area (Å²) in [7, 11) is 3.69. The van der Waals surface area contributed by atoms with Crippen molar-refractivity contribution in [3.63, 3.8) is 0 Å². The molecule has 0 spiro atoms. The third kappa shape index (κ3) is 4.97. The molecule has 4 fully saturated rings. The van der Waals surface area contributed by atoms with Crippen LogP contribution in [0.5, 0.6) is 0 Å². The second kappa shape index (κ2) is 10.2. The first-order valence-corrected chi connectivity index (χ1v) is 13.2. The minimum absolute atomic E-state index is 0.000598. The molecular formula is C25H42ClN3O3. The Labute approximate surface area is 198 Å². The lowest BCUT2D eigenvalue weighted by molar-refractivity contribution is -0.148. The summed E-state index contributed by atoms with van der Waals surface area (Å²) in [6.07, 6.45) is 7.32. The third-order valence-corrected chi connectivity index (χ3v) is 9.59. The Kier molecular flexibility index (Phi) is 7.73. The summed E-state index contributed by atoms with van der Waals surface area (Å²) in [4.78, 5) is 28.5. The van der Waals surface area contributed by atoms with Gasteiger partial charge in [0.2, 0.25) is 11.8 Å². The molecule has 2 aliphatic heterocycles. The van der Waals surface area contributed by atoms with Gasteiger partial charge in [0, 0.05) is 50.7 Å². The van der Waals surface area contributed by atoms with Gasteiger partial charge in [-0.1, -0.05) is 6.92 Å². The van der Waals surface area contributed by atoms with Crippen molar-refractivity contribution < 1.29 is 14.3 Å². The number of methoxy groups -OCH3 is 1. The van der Waals surface area contributed by atoms with E-state index in [0.29, 0.717) is 42.2 Å². The maximum Gasteiger partial charge on any atom is 0.225 e. The van der Waals surface area contributed by atoms with Crippen LogP contribution in [0.25, 0.3) is 0 Å². The van der Waals surface area contributed by atoms with Gasteiger partial charge in [-0.2, -0.15) is 0 Å². The second-order valence-electron chi connectivity index (χ2n) is 11.1. The molecule has 0 aromatic rings. The van der Waals surface area contributed by atoms with Crippen molar-refractivity contribution in [2.24, 2.45) is 29.6 Å². The van der Waals surface area contributed by atoms with Crippen LogP contribution in [0, 0.1) is 29.6 Å². The van der Waals surface area contributed by atoms with E-state index in [4.69, 9.17) is 16.3 Å². The standard InChI is InChI=1S/C25H42ClN3O3/c1-14-5-7-18(28-24(30)16-6-8-21(26)23(11-16)32-4)12-19(14)20-10-17-13-27-15(2)9-22(17)29(3)25(20)31/h14-23,27H,5-13H2,1-4H3,(H,28,30). The number of nitrogens with one attached hydrogen (secondary N) is 2. The van der Waals surface area contributed by atoms with Crippen molar-refractivity contribution >= 4 is 23.4 Å². The van der Waals surface area contributed by atoms with E-state index in [9.17, 15) is 9.59 Å². The summed E-state index contributed by atoms with van der Waals surface area (Å²) in [6.45, 7) is 5.52. The van der Waals surface area contributed by atoms with Crippen molar-refractivity contribution in [1.82, 2.24) is 15.5 Å². The van der Waals surface area contributed by atoms with E-state index in [2.05, 4.69) is 29.4 Å². The first-order chi connectivity index (χ1) is 15.3. The van der Waals surface area contributed by atoms with Gasteiger partial charge in [-0.25, -0.2) is 0 Å². The summed E-state index contributed by atoms with van der Waals surface area (Å²) in [5.41, 5.74) is 0. The number of likely N-dealkylation sites (tertiary alicyclic amines) is 1. The van der Waals surface area contributed by atoms with Gasteiger partial charge in [0.25, 0.3) is 0 Å². The van der Waals surface area contributed by atoms with Gasteiger partial charge < -0.3 is 20.3 Å². The fraction of sp³-hybridized carbons (Fsp3) is 0.920. The topological polar surface area (TPSA) is 70.7 Å². The lowest BCUT2D eigenvalue weighted by atomic mass is 9.65. The van der Waals surface area contributed by atoms with Crippen LogP contribution in [0.2, 0.25) is 0 Å². The molecule has 2 heterocycles. The van der Waals surface area contributed by atoms with Gasteiger partial charge in [0.1, 0.15) is 0 Å². The molecule has 2 amide bonds. The molecule has 7 heteroatoms. The third-order valence-electron chi connectivity index (χ3n) is 9.09. The normalized spacial score (nSPS) is 45.3. The number of carbonyl (C=O) groups excluding carboxylic acids is 2. The molecule has 2 saturated carbocycles. The maximum absolute atomic E-state index is 13.4. The summed E-state index contributed by atoms with van der Waals surface area (Å²) in [6, 6.07) is 1.01. The molecule has 10 unspecified atom stereocenters. The SMILES string of the molecule is COC1CC(C(=O)NC2CCC(C)C(C3CC4CNC(C)CC4N(C)C3=O)C2)CCC1Cl. The highest BCUT2D eigenvalue weighted by molar-refractivity contribution is 6.21. The molecule has 2 saturated heterocycles. The van der Waals surface area contributed by atoms with Crippen molar-refractivity contribution in [2.45, 2.75) is 94.8 Å². The number of fused-ring (bicyclic) bond motifs is 1. The molecule has 0 bridgehead atoms. The van der Waals surface area contributed by atoms with Crippen molar-refractivity contribution in [3.8, 4) is 0 Å². The van der Waals surface area contributed by atoms with Crippen LogP contribution in [0.4, 0.5) is 0 Å². The molecule has 6 nitrogen and oxygen atoms in total. The zero-order chi connectivity index (χ0) is 23.0. The number of carbonyl (C=O) groups is 2. The molecule has 32 heavy (non-hydrogen) atoms. The molecule has 2 aliphatic carbocycles. The number of piperidine rings is 2. The van der Waals surface area contributed by atoms with Crippen molar-refractivity contribution in [2.75, 3.05) is 20.7 Å². The van der Waals surface area contributed by atoms with Gasteiger partial charge in [-0.3, -0.25) is 9.59 Å². The van der Waals surface area contributed by atoms with Gasteiger partial charge in [-0.05, 0) is 76.0 Å². The largest absolute Gasteiger partial charge is 0.380 e. The highest BCUT2D eigenvalue weighted by Crippen LogP contribution is 2.43. The summed E-state index contributed by atoms with van der Waals surface area (Å²) in [5.74, 6) is 1.93. The lowest BCUT2D eigenvalue weighted by Gasteiger charge is -2.50. The summed E-state index contributed by atoms with van der Waals surface area (Å²) in [5, 5.41) is 6.97. The molecule has 2 N–H and O–H groups in total. The highest BCUT2D eigenvalue weighted by Gasteiger charge is 2.47. The van der Waals surface area contributed by atoms with E-state index >= 15 is 0 Å². The van der Waals surface area contributed by atoms with Gasteiger partial charge in [-0.15, -0.1) is 11.6 Å². The highest BCUT2D eigenvalue weighted by atomic mass is 35.5. The number of rotatable bonds is 4. The van der Waals surface area contributed by atoms with E-state index in [0.717, 1.165) is 51.5 Å². The second-order valence-corrected chi connectivity index (χ2v) is 11.7. The molecule has 182 valence electrons. The molecular weight excluding hydrogens is 426 g/mol. The zero-order valence-electron chi connectivity index (χ0n) is 20.2. The number of nitrogens with zero attached hydrogens (tertiary/aromatic N) is 1. The Morgan fingerprint density at radius 2 is 1.91 bits per heavy atom. The number of ether oxygens (including phenoxy) is 1. The van der Waals surface area contributed by atoms with Crippen LogP contribution >= 0.6 is 11.6 Å². The van der Waals surface area contributed by atoms with E-state index in [1.165, 1.54) is 0 Å². The minimum Gasteiger partial charge on any atom is -0.380 e. The maximum atomic E-state index is 13.4. The van der Waals surface area contributed by atoms with E-state index in [1.807, 2.05) is 7.05 Å². The van der Waals surface area contributed by atoms with Gasteiger partial charge >= 0.3 is 0 Å². The first kappa shape index (κ1) is 24.3. The van der Waals surface area contributed by atoms with Crippen LogP contribution in [0.3, 0.4) is 0 Å². The fourth-order valence-electron chi connectivity index (χ4n) is 6.99. The summed E-state index contributed by atoms with van der Waals surface area (Å²) < 4.78 is 5.50. The monoisotopic (exact) mass is 467 g/mol. The molecule has 0 radical (unpaired) electrons. The fourth-order valence-corrected chi connectivity index (χ4v) is 7.33. The first-order valence-electron chi connectivity index (χ1n) is 12.8. The lowest BCUT2D eigenvalue weighted by Crippen LogP contribution is -2.60. The van der Waals surface area contributed by atoms with Crippen LogP contribution in [0.15, 0.2) is 0 Å². The average Bonchev–Trinajstić information content (AvgIpc) is 2.78. The minimum atomic E-state index is -0.0459. The Morgan fingerprint density at radius 1 is 1.12 bits per heavy atom. The Bertz CT molecular complexity index is 691. The Balaban J connectivity index is 1.38. The van der Waals surface area contributed by atoms with E-state index < -0.39 is 0 Å². The van der Waals surface area contributed by atoms with Crippen LogP contribution in [-0.2, 0) is 14.3 Å². The van der Waals surface area contributed by atoms with Crippen molar-refractivity contribution in [3.05, 3.63) is 0 Å². The zero-order valence-corrected chi connectivity index (χ0v) is 20.9. The van der Waals surface area contributed by atoms with Gasteiger partial charge in [0.15, 0.2) is 0 Å². The Hall–Kier alpha value is -0.850. The molecule has 10 atom stereocenters. The van der Waals surface area contributed by atoms with Crippen LogP contribution in [0.1, 0.15) is 65.2 Å². The molecule has 0 aromatic heterocycles. The quantitative estimate of drug-likeness (QED) is 0.623. The van der Waals surface area contributed by atoms with E-state index in [-0.39, 0.29) is 35.3 Å². The predicted molar refractivity (Wildman–Crippen MR) is 126 cm³/mol. The molecule has 4 rings (SSSR count). The number of halogens is 1. The average molecular weight is 468 g/mol. The van der Waals surface area contributed by atoms with Crippen LogP contribution < -0.4 is 10.6 Å². The molecule has 4 aliphatic rings. The van der Waals surface area contributed by atoms with Crippen LogP contribution in [-0.4, -0.2) is 67.0 Å². The summed E-state index contributed by atoms with van der Waals surface area (Å²) >= 11 is 6.35. The Morgan fingerprint density at radius 3 is 2.66 bits per heavy atom. The smallest absolute Gasteiger partial charge is 0.225 e. The molecule has 0 aromatic carbocycles. The van der Waals surface area contributed by atoms with Crippen molar-refractivity contribution in [1.29, 1.82) is 0 Å². The number of hydrogen-bond acceptors (Lipinski definition) is 4. The number of alkyl halides is 1. The van der Waals surface area contributed by atoms with Gasteiger partial charge in [0.05, 0.1) is 11.5 Å². The number of hydrogen-bond donors (Lipinski definition) is 2. The van der Waals surface area contributed by atoms with E-state index in [1.54, 1.807) is 7.11 Å². The predicted octanol–water partition coefficient (Wildman–Crippen LogP) is 3.17.